The number of anilines is 1. The van der Waals surface area contributed by atoms with E-state index in [9.17, 15) is 12.8 Å². The maximum absolute atomic E-state index is 13.1. The zero-order chi connectivity index (χ0) is 15.7. The number of sulfonamides is 1. The smallest absolute Gasteiger partial charge is 0.271 e. The Morgan fingerprint density at radius 3 is 2.73 bits per heavy atom. The molecule has 114 valence electrons. The number of aromatic nitrogens is 1. The van der Waals surface area contributed by atoms with Crippen LogP contribution in [0.3, 0.4) is 0 Å². The number of benzene rings is 1. The Bertz CT molecular complexity index is 907. The molecule has 0 atom stereocenters. The van der Waals surface area contributed by atoms with Crippen LogP contribution in [0.2, 0.25) is 5.02 Å². The third kappa shape index (κ3) is 2.99. The molecule has 9 heteroatoms. The number of thiophene rings is 1. The zero-order valence-electron chi connectivity index (χ0n) is 10.8. The van der Waals surface area contributed by atoms with Gasteiger partial charge in [0.05, 0.1) is 21.8 Å². The predicted octanol–water partition coefficient (Wildman–Crippen LogP) is 4.00. The predicted molar refractivity (Wildman–Crippen MR) is 82.0 cm³/mol. The van der Waals surface area contributed by atoms with Gasteiger partial charge in [0, 0.05) is 6.07 Å². The number of rotatable bonds is 4. The van der Waals surface area contributed by atoms with Crippen LogP contribution < -0.4 is 4.72 Å². The van der Waals surface area contributed by atoms with Gasteiger partial charge in [-0.05, 0) is 30.3 Å². The summed E-state index contributed by atoms with van der Waals surface area (Å²) >= 11 is 6.67. The van der Waals surface area contributed by atoms with E-state index in [1.165, 1.54) is 24.4 Å². The summed E-state index contributed by atoms with van der Waals surface area (Å²) in [6.45, 7) is 0. The number of nitrogens with zero attached hydrogens (tertiary/aromatic N) is 1. The van der Waals surface area contributed by atoms with Crippen LogP contribution in [0.5, 0.6) is 0 Å². The summed E-state index contributed by atoms with van der Waals surface area (Å²) < 4.78 is 45.1. The van der Waals surface area contributed by atoms with Crippen LogP contribution in [0.25, 0.3) is 10.6 Å². The Morgan fingerprint density at radius 2 is 2.05 bits per heavy atom. The van der Waals surface area contributed by atoms with Gasteiger partial charge in [-0.2, -0.15) is 0 Å². The first-order chi connectivity index (χ1) is 10.5. The second-order valence-electron chi connectivity index (χ2n) is 4.23. The molecule has 2 aromatic heterocycles. The molecule has 0 radical (unpaired) electrons. The highest BCUT2D eigenvalue weighted by atomic mass is 35.5. The van der Waals surface area contributed by atoms with Gasteiger partial charge in [-0.25, -0.2) is 12.8 Å². The Morgan fingerprint density at radius 1 is 1.23 bits per heavy atom. The topological polar surface area (TPSA) is 72.2 Å². The first kappa shape index (κ1) is 15.0. The lowest BCUT2D eigenvalue weighted by Gasteiger charge is -2.06. The molecule has 0 amide bonds. The van der Waals surface area contributed by atoms with Crippen LogP contribution in [0.15, 0.2) is 51.3 Å². The average Bonchev–Trinajstić information content (AvgIpc) is 3.12. The second kappa shape index (κ2) is 5.71. The first-order valence-corrected chi connectivity index (χ1v) is 8.62. The molecule has 0 aliphatic heterocycles. The highest BCUT2D eigenvalue weighted by Gasteiger charge is 2.19. The third-order valence-electron chi connectivity index (χ3n) is 2.70. The number of hydrogen-bond acceptors (Lipinski definition) is 5. The minimum absolute atomic E-state index is 0.0966. The third-order valence-corrected chi connectivity index (χ3v) is 5.96. The van der Waals surface area contributed by atoms with Gasteiger partial charge in [0.25, 0.3) is 10.0 Å². The lowest BCUT2D eigenvalue weighted by atomic mass is 10.3. The second-order valence-corrected chi connectivity index (χ2v) is 7.63. The SMILES string of the molecule is O=S(=O)(Nc1ccc(F)c(Cl)c1)c1ccc(-c2ccno2)s1. The largest absolute Gasteiger partial charge is 0.355 e. The summed E-state index contributed by atoms with van der Waals surface area (Å²) in [5.41, 5.74) is 0.181. The monoisotopic (exact) mass is 358 g/mol. The molecule has 0 bridgehead atoms. The number of hydrogen-bond donors (Lipinski definition) is 1. The molecule has 1 aromatic carbocycles. The summed E-state index contributed by atoms with van der Waals surface area (Å²) in [5, 5.41) is 3.41. The van der Waals surface area contributed by atoms with E-state index in [2.05, 4.69) is 9.88 Å². The van der Waals surface area contributed by atoms with E-state index in [4.69, 9.17) is 16.1 Å². The van der Waals surface area contributed by atoms with Gasteiger partial charge < -0.3 is 4.52 Å². The Balaban J connectivity index is 1.88. The van der Waals surface area contributed by atoms with E-state index in [1.807, 2.05) is 0 Å². The van der Waals surface area contributed by atoms with Crippen molar-refractivity contribution in [1.29, 1.82) is 0 Å². The Hall–Kier alpha value is -1.90. The lowest BCUT2D eigenvalue weighted by Crippen LogP contribution is -2.11. The molecule has 0 fully saturated rings. The van der Waals surface area contributed by atoms with E-state index in [0.717, 1.165) is 17.4 Å². The maximum atomic E-state index is 13.1. The van der Waals surface area contributed by atoms with Crippen molar-refractivity contribution in [2.45, 2.75) is 4.21 Å². The van der Waals surface area contributed by atoms with Crippen molar-refractivity contribution < 1.29 is 17.3 Å². The maximum Gasteiger partial charge on any atom is 0.271 e. The summed E-state index contributed by atoms with van der Waals surface area (Å²) in [4.78, 5) is 0.634. The lowest BCUT2D eigenvalue weighted by molar-refractivity contribution is 0.433. The van der Waals surface area contributed by atoms with Crippen molar-refractivity contribution in [2.75, 3.05) is 4.72 Å². The Kier molecular flexibility index (Phi) is 3.90. The summed E-state index contributed by atoms with van der Waals surface area (Å²) in [6.07, 6.45) is 1.47. The molecule has 0 saturated carbocycles. The molecule has 0 unspecified atom stereocenters. The molecule has 0 aliphatic carbocycles. The van der Waals surface area contributed by atoms with Gasteiger partial charge in [-0.15, -0.1) is 11.3 Å². The number of halogens is 2. The van der Waals surface area contributed by atoms with Crippen LogP contribution >= 0.6 is 22.9 Å². The van der Waals surface area contributed by atoms with Crippen LogP contribution in [0.1, 0.15) is 0 Å². The standard InChI is InChI=1S/C13H8ClFN2O3S2/c14-9-7-8(1-2-10(9)15)17-22(18,19)13-4-3-12(21-13)11-5-6-16-20-11/h1-7,17H. The van der Waals surface area contributed by atoms with Crippen molar-refractivity contribution >= 4 is 38.6 Å². The molecule has 5 nitrogen and oxygen atoms in total. The van der Waals surface area contributed by atoms with E-state index >= 15 is 0 Å². The molecule has 0 saturated heterocycles. The van der Waals surface area contributed by atoms with Crippen molar-refractivity contribution in [1.82, 2.24) is 5.16 Å². The molecule has 2 heterocycles. The number of nitrogens with one attached hydrogen (secondary N) is 1. The summed E-state index contributed by atoms with van der Waals surface area (Å²) in [5.74, 6) is -0.135. The minimum Gasteiger partial charge on any atom is -0.355 e. The van der Waals surface area contributed by atoms with Crippen molar-refractivity contribution in [2.24, 2.45) is 0 Å². The van der Waals surface area contributed by atoms with Gasteiger partial charge in [-0.1, -0.05) is 16.8 Å². The van der Waals surface area contributed by atoms with E-state index in [1.54, 1.807) is 12.1 Å². The minimum atomic E-state index is -3.79. The molecule has 3 rings (SSSR count). The summed E-state index contributed by atoms with van der Waals surface area (Å²) in [6, 6.07) is 8.31. The highest BCUT2D eigenvalue weighted by Crippen LogP contribution is 2.31. The van der Waals surface area contributed by atoms with Gasteiger partial charge >= 0.3 is 0 Å². The quantitative estimate of drug-likeness (QED) is 0.765. The van der Waals surface area contributed by atoms with Crippen LogP contribution in [0.4, 0.5) is 10.1 Å². The average molecular weight is 359 g/mol. The van der Waals surface area contributed by atoms with Gasteiger partial charge in [0.2, 0.25) is 0 Å². The molecule has 0 spiro atoms. The molecular weight excluding hydrogens is 351 g/mol. The van der Waals surface area contributed by atoms with Gasteiger partial charge in [0.15, 0.2) is 5.76 Å². The highest BCUT2D eigenvalue weighted by molar-refractivity contribution is 7.94. The Labute approximate surface area is 134 Å². The fourth-order valence-corrected chi connectivity index (χ4v) is 4.20. The molecule has 22 heavy (non-hydrogen) atoms. The fourth-order valence-electron chi connectivity index (χ4n) is 1.70. The summed E-state index contributed by atoms with van der Waals surface area (Å²) in [7, 11) is -3.79. The zero-order valence-corrected chi connectivity index (χ0v) is 13.2. The van der Waals surface area contributed by atoms with Gasteiger partial charge in [0.1, 0.15) is 10.0 Å². The van der Waals surface area contributed by atoms with Crippen molar-refractivity contribution in [3.63, 3.8) is 0 Å². The molecule has 1 N–H and O–H groups in total. The molecule has 0 aliphatic rings. The van der Waals surface area contributed by atoms with E-state index < -0.39 is 15.8 Å². The molecular formula is C13H8ClFN2O3S2. The molecule has 3 aromatic rings. The van der Waals surface area contributed by atoms with Crippen LogP contribution in [-0.2, 0) is 10.0 Å². The normalized spacial score (nSPS) is 11.5. The van der Waals surface area contributed by atoms with E-state index in [-0.39, 0.29) is 14.9 Å². The van der Waals surface area contributed by atoms with Crippen molar-refractivity contribution in [3.05, 3.63) is 53.4 Å². The van der Waals surface area contributed by atoms with Crippen LogP contribution in [-0.4, -0.2) is 13.6 Å². The van der Waals surface area contributed by atoms with Gasteiger partial charge in [-0.3, -0.25) is 4.72 Å². The fraction of sp³-hybridized carbons (Fsp3) is 0. The van der Waals surface area contributed by atoms with Crippen LogP contribution in [0, 0.1) is 5.82 Å². The van der Waals surface area contributed by atoms with E-state index in [0.29, 0.717) is 10.6 Å². The first-order valence-electron chi connectivity index (χ1n) is 5.94. The van der Waals surface area contributed by atoms with Crippen molar-refractivity contribution in [3.8, 4) is 10.6 Å².